The number of aromatic nitrogens is 4. The van der Waals surface area contributed by atoms with E-state index in [1.54, 1.807) is 30.6 Å². The van der Waals surface area contributed by atoms with Crippen molar-refractivity contribution in [2.45, 2.75) is 19.6 Å². The van der Waals surface area contributed by atoms with Crippen LogP contribution in [0.25, 0.3) is 11.2 Å². The smallest absolute Gasteiger partial charge is 0.332 e. The summed E-state index contributed by atoms with van der Waals surface area (Å²) in [5, 5.41) is 10.6. The first-order chi connectivity index (χ1) is 13.2. The van der Waals surface area contributed by atoms with Crippen molar-refractivity contribution in [3.8, 4) is 5.75 Å². The van der Waals surface area contributed by atoms with Crippen molar-refractivity contribution in [1.82, 2.24) is 18.7 Å². The van der Waals surface area contributed by atoms with Gasteiger partial charge in [0.25, 0.3) is 5.56 Å². The fourth-order valence-corrected chi connectivity index (χ4v) is 3.12. The number of para-hydroxylation sites is 1. The van der Waals surface area contributed by atoms with Gasteiger partial charge in [0, 0.05) is 28.2 Å². The Morgan fingerprint density at radius 3 is 2.50 bits per heavy atom. The molecule has 9 heteroatoms. The number of nitrogens with zero attached hydrogens (tertiary/aromatic N) is 5. The Morgan fingerprint density at radius 1 is 1.18 bits per heavy atom. The molecule has 1 aromatic carbocycles. The maximum absolute atomic E-state index is 12.7. The van der Waals surface area contributed by atoms with E-state index in [1.165, 1.54) is 11.6 Å². The normalized spacial score (nSPS) is 12.4. The number of imidazole rings is 1. The summed E-state index contributed by atoms with van der Waals surface area (Å²) in [6.07, 6.45) is -0.877. The molecule has 0 aliphatic carbocycles. The molecule has 0 fully saturated rings. The number of fused-ring (bicyclic) bond motifs is 1. The quantitative estimate of drug-likeness (QED) is 0.652. The number of aliphatic hydroxyl groups excluding tert-OH is 1. The van der Waals surface area contributed by atoms with Crippen LogP contribution >= 0.6 is 0 Å². The second-order valence-electron chi connectivity index (χ2n) is 7.03. The van der Waals surface area contributed by atoms with Crippen molar-refractivity contribution in [2.75, 3.05) is 25.6 Å². The Balaban J connectivity index is 1.97. The fraction of sp³-hybridized carbons (Fsp3) is 0.421. The molecule has 0 aliphatic heterocycles. The highest BCUT2D eigenvalue weighted by Gasteiger charge is 2.22. The molecule has 0 radical (unpaired) electrons. The summed E-state index contributed by atoms with van der Waals surface area (Å²) in [6, 6.07) is 7.55. The van der Waals surface area contributed by atoms with Gasteiger partial charge in [0.1, 0.15) is 18.5 Å². The number of ether oxygens (including phenoxy) is 1. The van der Waals surface area contributed by atoms with E-state index in [4.69, 9.17) is 4.74 Å². The van der Waals surface area contributed by atoms with E-state index in [0.717, 1.165) is 10.1 Å². The number of aryl methyl sites for hydroxylation is 2. The van der Waals surface area contributed by atoms with E-state index >= 15 is 0 Å². The molecule has 1 atom stereocenters. The number of aliphatic hydroxyl groups is 1. The Labute approximate surface area is 162 Å². The molecule has 0 unspecified atom stereocenters. The summed E-state index contributed by atoms with van der Waals surface area (Å²) >= 11 is 0. The minimum Gasteiger partial charge on any atom is -0.491 e. The molecule has 9 nitrogen and oxygen atoms in total. The van der Waals surface area contributed by atoms with Crippen molar-refractivity contribution in [2.24, 2.45) is 14.1 Å². The van der Waals surface area contributed by atoms with Crippen LogP contribution in [0.1, 0.15) is 5.56 Å². The Hall–Kier alpha value is -3.07. The van der Waals surface area contributed by atoms with Gasteiger partial charge in [-0.15, -0.1) is 0 Å². The minimum absolute atomic E-state index is 0.0590. The second kappa shape index (κ2) is 7.51. The third kappa shape index (κ3) is 3.40. The zero-order valence-corrected chi connectivity index (χ0v) is 16.7. The predicted octanol–water partition coefficient (Wildman–Crippen LogP) is 0.248. The fourth-order valence-electron chi connectivity index (χ4n) is 3.12. The van der Waals surface area contributed by atoms with Gasteiger partial charge in [0.15, 0.2) is 11.2 Å². The topological polar surface area (TPSA) is 94.5 Å². The molecule has 3 rings (SSSR count). The zero-order chi connectivity index (χ0) is 20.6. The summed E-state index contributed by atoms with van der Waals surface area (Å²) < 4.78 is 9.72. The van der Waals surface area contributed by atoms with Crippen molar-refractivity contribution in [3.63, 3.8) is 0 Å². The number of hydrogen-bond donors (Lipinski definition) is 1. The van der Waals surface area contributed by atoms with Crippen LogP contribution in [0.2, 0.25) is 0 Å². The van der Waals surface area contributed by atoms with Crippen LogP contribution in [0, 0.1) is 6.92 Å². The average molecular weight is 387 g/mol. The molecule has 0 saturated heterocycles. The number of anilines is 1. The molecular weight excluding hydrogens is 362 g/mol. The molecule has 3 aromatic rings. The summed E-state index contributed by atoms with van der Waals surface area (Å²) in [4.78, 5) is 31.1. The number of benzene rings is 1. The SMILES string of the molecule is Cc1ccccc1OC[C@H](O)Cn1c(N(C)C)nc2c1c(=O)n(C)c(=O)n2C. The molecule has 2 aromatic heterocycles. The van der Waals surface area contributed by atoms with E-state index in [-0.39, 0.29) is 24.3 Å². The third-order valence-electron chi connectivity index (χ3n) is 4.65. The number of rotatable bonds is 6. The van der Waals surface area contributed by atoms with Crippen LogP contribution in [-0.4, -0.2) is 50.6 Å². The second-order valence-corrected chi connectivity index (χ2v) is 7.03. The lowest BCUT2D eigenvalue weighted by Gasteiger charge is -2.18. The van der Waals surface area contributed by atoms with Gasteiger partial charge >= 0.3 is 5.69 Å². The highest BCUT2D eigenvalue weighted by Crippen LogP contribution is 2.20. The lowest BCUT2D eigenvalue weighted by atomic mass is 10.2. The Kier molecular flexibility index (Phi) is 5.28. The van der Waals surface area contributed by atoms with Crippen LogP contribution in [0.3, 0.4) is 0 Å². The van der Waals surface area contributed by atoms with Gasteiger partial charge < -0.3 is 19.3 Å². The first-order valence-electron chi connectivity index (χ1n) is 8.92. The standard InChI is InChI=1S/C19H25N5O4/c1-12-8-6-7-9-14(12)28-11-13(25)10-24-15-16(20-18(24)21(2)3)22(4)19(27)23(5)17(15)26/h6-9,13,25H,10-11H2,1-5H3/t13-/m1/s1. The Bertz CT molecular complexity index is 1130. The van der Waals surface area contributed by atoms with Crippen LogP contribution in [0.15, 0.2) is 33.9 Å². The summed E-state index contributed by atoms with van der Waals surface area (Å²) in [5.41, 5.74) is 0.620. The lowest BCUT2D eigenvalue weighted by molar-refractivity contribution is 0.0933. The van der Waals surface area contributed by atoms with Crippen molar-refractivity contribution in [3.05, 3.63) is 50.7 Å². The molecule has 1 N–H and O–H groups in total. The summed E-state index contributed by atoms with van der Waals surface area (Å²) in [5.74, 6) is 1.17. The van der Waals surface area contributed by atoms with Crippen LogP contribution in [0.4, 0.5) is 5.95 Å². The van der Waals surface area contributed by atoms with Gasteiger partial charge in [-0.1, -0.05) is 18.2 Å². The largest absolute Gasteiger partial charge is 0.491 e. The first kappa shape index (κ1) is 19.7. The van der Waals surface area contributed by atoms with Gasteiger partial charge in [0.05, 0.1) is 6.54 Å². The van der Waals surface area contributed by atoms with Crippen molar-refractivity contribution < 1.29 is 9.84 Å². The van der Waals surface area contributed by atoms with E-state index in [9.17, 15) is 14.7 Å². The van der Waals surface area contributed by atoms with Gasteiger partial charge in [-0.2, -0.15) is 4.98 Å². The van der Waals surface area contributed by atoms with Crippen molar-refractivity contribution >= 4 is 17.1 Å². The maximum Gasteiger partial charge on any atom is 0.332 e. The van der Waals surface area contributed by atoms with Crippen molar-refractivity contribution in [1.29, 1.82) is 0 Å². The molecular formula is C19H25N5O4. The summed E-state index contributed by atoms with van der Waals surface area (Å²) in [6.45, 7) is 2.09. The van der Waals surface area contributed by atoms with E-state index in [0.29, 0.717) is 11.7 Å². The molecule has 0 aliphatic rings. The minimum atomic E-state index is -0.877. The van der Waals surface area contributed by atoms with E-state index in [2.05, 4.69) is 4.98 Å². The monoisotopic (exact) mass is 387 g/mol. The Morgan fingerprint density at radius 2 is 1.86 bits per heavy atom. The molecule has 0 bridgehead atoms. The van der Waals surface area contributed by atoms with Crippen LogP contribution < -0.4 is 20.9 Å². The van der Waals surface area contributed by atoms with Gasteiger partial charge in [0.2, 0.25) is 5.95 Å². The molecule has 150 valence electrons. The molecule has 0 spiro atoms. The van der Waals surface area contributed by atoms with E-state index < -0.39 is 17.4 Å². The highest BCUT2D eigenvalue weighted by molar-refractivity contribution is 5.74. The van der Waals surface area contributed by atoms with Gasteiger partial charge in [-0.05, 0) is 18.6 Å². The maximum atomic E-state index is 12.7. The third-order valence-corrected chi connectivity index (χ3v) is 4.65. The summed E-state index contributed by atoms with van der Waals surface area (Å²) in [7, 11) is 6.57. The van der Waals surface area contributed by atoms with E-state index in [1.807, 2.05) is 31.2 Å². The lowest BCUT2D eigenvalue weighted by Crippen LogP contribution is -2.38. The molecule has 28 heavy (non-hydrogen) atoms. The number of hydrogen-bond acceptors (Lipinski definition) is 6. The molecule has 2 heterocycles. The van der Waals surface area contributed by atoms with Gasteiger partial charge in [-0.3, -0.25) is 13.9 Å². The highest BCUT2D eigenvalue weighted by atomic mass is 16.5. The van der Waals surface area contributed by atoms with Crippen LogP contribution in [-0.2, 0) is 20.6 Å². The zero-order valence-electron chi connectivity index (χ0n) is 16.7. The van der Waals surface area contributed by atoms with Gasteiger partial charge in [-0.25, -0.2) is 4.79 Å². The average Bonchev–Trinajstić information content (AvgIpc) is 3.03. The predicted molar refractivity (Wildman–Crippen MR) is 107 cm³/mol. The molecule has 0 amide bonds. The molecule has 0 saturated carbocycles. The van der Waals surface area contributed by atoms with Crippen LogP contribution in [0.5, 0.6) is 5.75 Å². The first-order valence-corrected chi connectivity index (χ1v) is 8.92.